The van der Waals surface area contributed by atoms with Crippen LogP contribution in [0.3, 0.4) is 0 Å². The highest BCUT2D eigenvalue weighted by molar-refractivity contribution is 9.10. The van der Waals surface area contributed by atoms with Gasteiger partial charge in [0.15, 0.2) is 0 Å². The SMILES string of the molecule is Cc1cccc(CCC(=O)Nc2cc(Br)ccc2-n2cncn2)c1. The average molecular weight is 385 g/mol. The molecule has 0 aliphatic heterocycles. The Morgan fingerprint density at radius 1 is 1.25 bits per heavy atom. The van der Waals surface area contributed by atoms with E-state index in [1.165, 1.54) is 11.9 Å². The maximum atomic E-state index is 12.3. The molecular weight excluding hydrogens is 368 g/mol. The van der Waals surface area contributed by atoms with Crippen LogP contribution >= 0.6 is 15.9 Å². The number of carbonyl (C=O) groups excluding carboxylic acids is 1. The van der Waals surface area contributed by atoms with Gasteiger partial charge in [0.25, 0.3) is 0 Å². The first-order valence-corrected chi connectivity index (χ1v) is 8.41. The number of benzene rings is 2. The Labute approximate surface area is 148 Å². The van der Waals surface area contributed by atoms with Gasteiger partial charge in [-0.15, -0.1) is 0 Å². The van der Waals surface area contributed by atoms with E-state index in [0.717, 1.165) is 15.7 Å². The predicted molar refractivity (Wildman–Crippen MR) is 97.2 cm³/mol. The Kier molecular flexibility index (Phi) is 5.05. The molecule has 122 valence electrons. The third-order valence-electron chi connectivity index (χ3n) is 3.62. The van der Waals surface area contributed by atoms with E-state index < -0.39 is 0 Å². The van der Waals surface area contributed by atoms with Gasteiger partial charge in [-0.05, 0) is 37.1 Å². The minimum atomic E-state index is -0.0315. The highest BCUT2D eigenvalue weighted by Gasteiger charge is 2.10. The van der Waals surface area contributed by atoms with Crippen LogP contribution in [0, 0.1) is 6.92 Å². The summed E-state index contributed by atoms with van der Waals surface area (Å²) < 4.78 is 2.52. The largest absolute Gasteiger partial charge is 0.324 e. The third-order valence-corrected chi connectivity index (χ3v) is 4.11. The Morgan fingerprint density at radius 3 is 2.88 bits per heavy atom. The number of halogens is 1. The maximum absolute atomic E-state index is 12.3. The molecule has 1 heterocycles. The molecule has 6 heteroatoms. The molecule has 2 aromatic carbocycles. The Bertz CT molecular complexity index is 846. The van der Waals surface area contributed by atoms with Crippen LogP contribution in [0.1, 0.15) is 17.5 Å². The van der Waals surface area contributed by atoms with Gasteiger partial charge >= 0.3 is 0 Å². The van der Waals surface area contributed by atoms with Gasteiger partial charge in [-0.3, -0.25) is 4.79 Å². The van der Waals surface area contributed by atoms with E-state index in [2.05, 4.69) is 50.4 Å². The van der Waals surface area contributed by atoms with Gasteiger partial charge in [0.05, 0.1) is 11.4 Å². The summed E-state index contributed by atoms with van der Waals surface area (Å²) in [6.07, 6.45) is 4.20. The number of amides is 1. The van der Waals surface area contributed by atoms with E-state index in [-0.39, 0.29) is 5.91 Å². The summed E-state index contributed by atoms with van der Waals surface area (Å²) in [5.74, 6) is -0.0315. The molecule has 0 bridgehead atoms. The van der Waals surface area contributed by atoms with E-state index in [4.69, 9.17) is 0 Å². The number of nitrogens with one attached hydrogen (secondary N) is 1. The summed E-state index contributed by atoms with van der Waals surface area (Å²) in [5, 5.41) is 7.09. The molecule has 0 atom stereocenters. The van der Waals surface area contributed by atoms with Crippen LogP contribution in [-0.2, 0) is 11.2 Å². The van der Waals surface area contributed by atoms with Gasteiger partial charge in [-0.25, -0.2) is 9.67 Å². The van der Waals surface area contributed by atoms with Crippen molar-refractivity contribution in [2.24, 2.45) is 0 Å². The van der Waals surface area contributed by atoms with Crippen LogP contribution in [0.2, 0.25) is 0 Å². The lowest BCUT2D eigenvalue weighted by Gasteiger charge is -2.11. The zero-order chi connectivity index (χ0) is 16.9. The van der Waals surface area contributed by atoms with Crippen LogP contribution in [-0.4, -0.2) is 20.7 Å². The van der Waals surface area contributed by atoms with Crippen molar-refractivity contribution >= 4 is 27.5 Å². The number of carbonyl (C=O) groups is 1. The van der Waals surface area contributed by atoms with Crippen molar-refractivity contribution < 1.29 is 4.79 Å². The second kappa shape index (κ2) is 7.40. The fraction of sp³-hybridized carbons (Fsp3) is 0.167. The van der Waals surface area contributed by atoms with E-state index in [1.807, 2.05) is 30.3 Å². The van der Waals surface area contributed by atoms with Crippen LogP contribution in [0.5, 0.6) is 0 Å². The monoisotopic (exact) mass is 384 g/mol. The normalized spacial score (nSPS) is 10.6. The van der Waals surface area contributed by atoms with Crippen molar-refractivity contribution in [2.75, 3.05) is 5.32 Å². The average Bonchev–Trinajstić information content (AvgIpc) is 3.07. The zero-order valence-electron chi connectivity index (χ0n) is 13.2. The van der Waals surface area contributed by atoms with Gasteiger partial charge < -0.3 is 5.32 Å². The standard InChI is InChI=1S/C18H17BrN4O/c1-13-3-2-4-14(9-13)5-8-18(24)22-16-10-15(19)6-7-17(16)23-12-20-11-21-23/h2-4,6-7,9-12H,5,8H2,1H3,(H,22,24). The smallest absolute Gasteiger partial charge is 0.224 e. The summed E-state index contributed by atoms with van der Waals surface area (Å²) >= 11 is 3.44. The predicted octanol–water partition coefficient (Wildman–Crippen LogP) is 3.91. The fourth-order valence-electron chi connectivity index (χ4n) is 2.48. The van der Waals surface area contributed by atoms with Crippen molar-refractivity contribution in [3.63, 3.8) is 0 Å². The van der Waals surface area contributed by atoms with Gasteiger partial charge in [-0.2, -0.15) is 5.10 Å². The summed E-state index contributed by atoms with van der Waals surface area (Å²) in [7, 11) is 0. The van der Waals surface area contributed by atoms with Gasteiger partial charge in [0.2, 0.25) is 5.91 Å². The number of aromatic nitrogens is 3. The number of hydrogen-bond acceptors (Lipinski definition) is 3. The number of nitrogens with zero attached hydrogens (tertiary/aromatic N) is 3. The highest BCUT2D eigenvalue weighted by Crippen LogP contribution is 2.24. The lowest BCUT2D eigenvalue weighted by atomic mass is 10.1. The molecule has 1 N–H and O–H groups in total. The fourth-order valence-corrected chi connectivity index (χ4v) is 2.84. The maximum Gasteiger partial charge on any atom is 0.224 e. The summed E-state index contributed by atoms with van der Waals surface area (Å²) in [4.78, 5) is 16.3. The summed E-state index contributed by atoms with van der Waals surface area (Å²) in [6, 6.07) is 13.9. The molecule has 0 saturated heterocycles. The second-order valence-electron chi connectivity index (χ2n) is 5.54. The van der Waals surface area contributed by atoms with Gasteiger partial charge in [-0.1, -0.05) is 45.8 Å². The molecule has 24 heavy (non-hydrogen) atoms. The number of anilines is 1. The molecule has 5 nitrogen and oxygen atoms in total. The second-order valence-corrected chi connectivity index (χ2v) is 6.45. The van der Waals surface area contributed by atoms with Crippen molar-refractivity contribution in [1.82, 2.24) is 14.8 Å². The molecule has 3 aromatic rings. The van der Waals surface area contributed by atoms with Crippen LogP contribution < -0.4 is 5.32 Å². The third kappa shape index (κ3) is 4.08. The molecule has 0 spiro atoms. The van der Waals surface area contributed by atoms with Crippen molar-refractivity contribution in [3.05, 3.63) is 70.7 Å². The van der Waals surface area contributed by atoms with E-state index >= 15 is 0 Å². The Balaban J connectivity index is 1.71. The van der Waals surface area contributed by atoms with Crippen LogP contribution in [0.4, 0.5) is 5.69 Å². The summed E-state index contributed by atoms with van der Waals surface area (Å²) in [5.41, 5.74) is 3.84. The molecule has 1 aromatic heterocycles. The zero-order valence-corrected chi connectivity index (χ0v) is 14.8. The molecule has 0 aliphatic rings. The first-order chi connectivity index (χ1) is 11.6. The molecule has 1 amide bonds. The Hall–Kier alpha value is -2.47. The number of rotatable bonds is 5. The highest BCUT2D eigenvalue weighted by atomic mass is 79.9. The van der Waals surface area contributed by atoms with E-state index in [9.17, 15) is 4.79 Å². The van der Waals surface area contributed by atoms with Gasteiger partial charge in [0.1, 0.15) is 12.7 Å². The first-order valence-electron chi connectivity index (χ1n) is 7.62. The molecule has 0 saturated carbocycles. The van der Waals surface area contributed by atoms with Crippen molar-refractivity contribution in [1.29, 1.82) is 0 Å². The van der Waals surface area contributed by atoms with Crippen molar-refractivity contribution in [2.45, 2.75) is 19.8 Å². The lowest BCUT2D eigenvalue weighted by Crippen LogP contribution is -2.14. The number of hydrogen-bond donors (Lipinski definition) is 1. The Morgan fingerprint density at radius 2 is 2.12 bits per heavy atom. The number of aryl methyl sites for hydroxylation is 2. The molecule has 0 radical (unpaired) electrons. The minimum absolute atomic E-state index is 0.0315. The van der Waals surface area contributed by atoms with Crippen molar-refractivity contribution in [3.8, 4) is 5.69 Å². The molecule has 0 aliphatic carbocycles. The van der Waals surface area contributed by atoms with Gasteiger partial charge in [0, 0.05) is 10.9 Å². The summed E-state index contributed by atoms with van der Waals surface area (Å²) in [6.45, 7) is 2.05. The lowest BCUT2D eigenvalue weighted by molar-refractivity contribution is -0.116. The van der Waals surface area contributed by atoms with E-state index in [1.54, 1.807) is 11.0 Å². The molecule has 0 fully saturated rings. The van der Waals surface area contributed by atoms with Crippen LogP contribution in [0.15, 0.2) is 59.6 Å². The molecule has 0 unspecified atom stereocenters. The molecular formula is C18H17BrN4O. The first kappa shape index (κ1) is 16.4. The topological polar surface area (TPSA) is 59.8 Å². The minimum Gasteiger partial charge on any atom is -0.324 e. The molecule has 3 rings (SSSR count). The van der Waals surface area contributed by atoms with Crippen LogP contribution in [0.25, 0.3) is 5.69 Å². The quantitative estimate of drug-likeness (QED) is 0.725. The van der Waals surface area contributed by atoms with E-state index in [0.29, 0.717) is 18.5 Å².